The molecule has 0 aliphatic heterocycles. The molecule has 0 radical (unpaired) electrons. The van der Waals surface area contributed by atoms with Gasteiger partial charge in [0.25, 0.3) is 0 Å². The van der Waals surface area contributed by atoms with Gasteiger partial charge in [-0.25, -0.2) is 0 Å². The Balaban J connectivity index is 1.98. The summed E-state index contributed by atoms with van der Waals surface area (Å²) in [6.07, 6.45) is 4.70. The van der Waals surface area contributed by atoms with Crippen molar-refractivity contribution >= 4 is 11.4 Å². The molecule has 0 saturated carbocycles. The first-order valence-electron chi connectivity index (χ1n) is 6.95. The highest BCUT2D eigenvalue weighted by Crippen LogP contribution is 2.26. The number of rotatable bonds is 7. The second kappa shape index (κ2) is 6.84. The predicted octanol–water partition coefficient (Wildman–Crippen LogP) is 2.75. The first-order valence-corrected chi connectivity index (χ1v) is 6.95. The molecule has 5 heteroatoms. The number of nitrogen functional groups attached to an aromatic ring is 1. The van der Waals surface area contributed by atoms with Gasteiger partial charge in [0, 0.05) is 30.2 Å². The monoisotopic (exact) mass is 274 g/mol. The van der Waals surface area contributed by atoms with Crippen molar-refractivity contribution < 1.29 is 4.74 Å². The quantitative estimate of drug-likeness (QED) is 0.762. The van der Waals surface area contributed by atoms with Gasteiger partial charge in [0.2, 0.25) is 0 Å². The molecule has 0 bridgehead atoms. The predicted molar refractivity (Wildman–Crippen MR) is 82.0 cm³/mol. The summed E-state index contributed by atoms with van der Waals surface area (Å²) in [7, 11) is 0. The van der Waals surface area contributed by atoms with E-state index in [0.29, 0.717) is 12.3 Å². The van der Waals surface area contributed by atoms with Crippen molar-refractivity contribution in [3.8, 4) is 5.75 Å². The molecule has 1 unspecified atom stereocenters. The van der Waals surface area contributed by atoms with Crippen LogP contribution in [0.15, 0.2) is 36.7 Å². The number of nitrogens with two attached hydrogens (primary N) is 1. The van der Waals surface area contributed by atoms with E-state index in [1.165, 1.54) is 0 Å². The van der Waals surface area contributed by atoms with Gasteiger partial charge < -0.3 is 15.8 Å². The Labute approximate surface area is 119 Å². The number of hydrogen-bond acceptors (Lipinski definition) is 4. The number of nitrogens with one attached hydrogen (secondary N) is 1. The Kier molecular flexibility index (Phi) is 4.87. The summed E-state index contributed by atoms with van der Waals surface area (Å²) < 4.78 is 7.54. The maximum absolute atomic E-state index is 5.90. The highest BCUT2D eigenvalue weighted by molar-refractivity contribution is 5.61. The molecule has 108 valence electrons. The second-order valence-electron chi connectivity index (χ2n) is 4.87. The summed E-state index contributed by atoms with van der Waals surface area (Å²) in [5, 5.41) is 7.63. The fraction of sp³-hybridized carbons (Fsp3) is 0.400. The van der Waals surface area contributed by atoms with Crippen LogP contribution in [0.4, 0.5) is 11.4 Å². The fourth-order valence-corrected chi connectivity index (χ4v) is 1.98. The van der Waals surface area contributed by atoms with Crippen molar-refractivity contribution in [2.24, 2.45) is 0 Å². The molecule has 0 aliphatic rings. The van der Waals surface area contributed by atoms with Gasteiger partial charge in [-0.15, -0.1) is 0 Å². The van der Waals surface area contributed by atoms with Crippen LogP contribution in [-0.2, 0) is 6.54 Å². The van der Waals surface area contributed by atoms with Crippen molar-refractivity contribution in [3.63, 3.8) is 0 Å². The molecule has 0 saturated heterocycles. The van der Waals surface area contributed by atoms with Gasteiger partial charge in [-0.05, 0) is 31.5 Å². The van der Waals surface area contributed by atoms with Gasteiger partial charge >= 0.3 is 0 Å². The van der Waals surface area contributed by atoms with Crippen LogP contribution in [0.2, 0.25) is 0 Å². The second-order valence-corrected chi connectivity index (χ2v) is 4.87. The van der Waals surface area contributed by atoms with Crippen LogP contribution >= 0.6 is 0 Å². The van der Waals surface area contributed by atoms with Gasteiger partial charge in [0.1, 0.15) is 5.75 Å². The lowest BCUT2D eigenvalue weighted by Crippen LogP contribution is -2.22. The van der Waals surface area contributed by atoms with Crippen LogP contribution in [0, 0.1) is 0 Å². The number of anilines is 2. The van der Waals surface area contributed by atoms with Crippen LogP contribution in [0.3, 0.4) is 0 Å². The molecule has 0 spiro atoms. The molecule has 1 heterocycles. The highest BCUT2D eigenvalue weighted by atomic mass is 16.5. The van der Waals surface area contributed by atoms with E-state index in [4.69, 9.17) is 10.5 Å². The lowest BCUT2D eigenvalue weighted by Gasteiger charge is -2.17. The molecule has 1 atom stereocenters. The van der Waals surface area contributed by atoms with Crippen LogP contribution in [-0.4, -0.2) is 22.4 Å². The molecule has 2 aromatic rings. The Morgan fingerprint density at radius 1 is 1.45 bits per heavy atom. The zero-order valence-electron chi connectivity index (χ0n) is 12.0. The van der Waals surface area contributed by atoms with E-state index < -0.39 is 0 Å². The summed E-state index contributed by atoms with van der Waals surface area (Å²) in [5.41, 5.74) is 7.58. The average Bonchev–Trinajstić information content (AvgIpc) is 2.92. The fourth-order valence-electron chi connectivity index (χ4n) is 1.98. The van der Waals surface area contributed by atoms with Crippen molar-refractivity contribution in [1.29, 1.82) is 0 Å². The Morgan fingerprint density at radius 3 is 3.00 bits per heavy atom. The Morgan fingerprint density at radius 2 is 2.30 bits per heavy atom. The van der Waals surface area contributed by atoms with E-state index in [9.17, 15) is 0 Å². The maximum atomic E-state index is 5.90. The zero-order chi connectivity index (χ0) is 14.4. The van der Waals surface area contributed by atoms with Crippen molar-refractivity contribution in [2.75, 3.05) is 17.7 Å². The SMILES string of the molecule is CCCOc1cc(NC(C)Cn2cccn2)ccc1N. The van der Waals surface area contributed by atoms with Gasteiger partial charge in [0.15, 0.2) is 0 Å². The van der Waals surface area contributed by atoms with Crippen LogP contribution in [0.1, 0.15) is 20.3 Å². The topological polar surface area (TPSA) is 65.1 Å². The number of benzene rings is 1. The molecule has 3 N–H and O–H groups in total. The minimum absolute atomic E-state index is 0.262. The number of aromatic nitrogens is 2. The van der Waals surface area contributed by atoms with Gasteiger partial charge in [-0.1, -0.05) is 6.92 Å². The normalized spacial score (nSPS) is 12.1. The minimum Gasteiger partial charge on any atom is -0.491 e. The third-order valence-electron chi connectivity index (χ3n) is 2.91. The van der Waals surface area contributed by atoms with E-state index in [1.807, 2.05) is 35.1 Å². The van der Waals surface area contributed by atoms with Gasteiger partial charge in [0.05, 0.1) is 18.8 Å². The number of ether oxygens (including phenoxy) is 1. The lowest BCUT2D eigenvalue weighted by molar-refractivity contribution is 0.319. The van der Waals surface area contributed by atoms with E-state index in [2.05, 4.69) is 24.3 Å². The van der Waals surface area contributed by atoms with Gasteiger partial charge in [-0.3, -0.25) is 4.68 Å². The minimum atomic E-state index is 0.262. The van der Waals surface area contributed by atoms with E-state index >= 15 is 0 Å². The third kappa shape index (κ3) is 3.91. The molecule has 1 aromatic heterocycles. The molecule has 0 aliphatic carbocycles. The maximum Gasteiger partial charge on any atom is 0.144 e. The van der Waals surface area contributed by atoms with Crippen LogP contribution < -0.4 is 15.8 Å². The Bertz CT molecular complexity index is 525. The first kappa shape index (κ1) is 14.2. The van der Waals surface area contributed by atoms with E-state index in [-0.39, 0.29) is 6.04 Å². The molecule has 0 fully saturated rings. The molecule has 0 amide bonds. The first-order chi connectivity index (χ1) is 9.69. The third-order valence-corrected chi connectivity index (χ3v) is 2.91. The van der Waals surface area contributed by atoms with Crippen molar-refractivity contribution in [2.45, 2.75) is 32.9 Å². The molecule has 5 nitrogen and oxygen atoms in total. The van der Waals surface area contributed by atoms with Crippen LogP contribution in [0.25, 0.3) is 0 Å². The van der Waals surface area contributed by atoms with Crippen molar-refractivity contribution in [3.05, 3.63) is 36.7 Å². The summed E-state index contributed by atoms with van der Waals surface area (Å²) in [4.78, 5) is 0. The zero-order valence-corrected chi connectivity index (χ0v) is 12.0. The molecular weight excluding hydrogens is 252 g/mol. The average molecular weight is 274 g/mol. The number of hydrogen-bond donors (Lipinski definition) is 2. The molecule has 20 heavy (non-hydrogen) atoms. The number of nitrogens with zero attached hydrogens (tertiary/aromatic N) is 2. The van der Waals surface area contributed by atoms with Crippen molar-refractivity contribution in [1.82, 2.24) is 9.78 Å². The van der Waals surface area contributed by atoms with E-state index in [1.54, 1.807) is 6.20 Å². The molecule has 2 rings (SSSR count). The van der Waals surface area contributed by atoms with Gasteiger partial charge in [-0.2, -0.15) is 5.10 Å². The van der Waals surface area contributed by atoms with Crippen LogP contribution in [0.5, 0.6) is 5.75 Å². The standard InChI is InChI=1S/C15H22N4O/c1-3-9-20-15-10-13(5-6-14(15)16)18-12(2)11-19-8-4-7-17-19/h4-8,10,12,18H,3,9,11,16H2,1-2H3. The largest absolute Gasteiger partial charge is 0.491 e. The summed E-state index contributed by atoms with van der Waals surface area (Å²) in [6, 6.07) is 7.97. The molecule has 1 aromatic carbocycles. The summed E-state index contributed by atoms with van der Waals surface area (Å²) in [5.74, 6) is 0.739. The van der Waals surface area contributed by atoms with E-state index in [0.717, 1.165) is 24.4 Å². The molecular formula is C15H22N4O. The Hall–Kier alpha value is -2.17. The smallest absolute Gasteiger partial charge is 0.144 e. The summed E-state index contributed by atoms with van der Waals surface area (Å²) in [6.45, 7) is 5.67. The summed E-state index contributed by atoms with van der Waals surface area (Å²) >= 11 is 0. The lowest BCUT2D eigenvalue weighted by atomic mass is 10.2. The highest BCUT2D eigenvalue weighted by Gasteiger charge is 2.06.